The fourth-order valence-corrected chi connectivity index (χ4v) is 2.55. The number of nitrogens with zero attached hydrogens (tertiary/aromatic N) is 2. The van der Waals surface area contributed by atoms with Crippen molar-refractivity contribution in [3.05, 3.63) is 48.4 Å². The van der Waals surface area contributed by atoms with Gasteiger partial charge in [0.2, 0.25) is 5.91 Å². The summed E-state index contributed by atoms with van der Waals surface area (Å²) in [6, 6.07) is 9.96. The monoisotopic (exact) mass is 413 g/mol. The van der Waals surface area contributed by atoms with Crippen LogP contribution in [0.1, 0.15) is 12.8 Å². The van der Waals surface area contributed by atoms with E-state index in [9.17, 15) is 22.4 Å². The molecule has 1 fully saturated rings. The van der Waals surface area contributed by atoms with E-state index in [1.165, 1.54) is 12.1 Å². The number of carboxylic acids is 1. The predicted octanol–water partition coefficient (Wildman–Crippen LogP) is 3.56. The van der Waals surface area contributed by atoms with Gasteiger partial charge in [0.25, 0.3) is 0 Å². The minimum Gasteiger partial charge on any atom is -0.475 e. The Labute approximate surface area is 164 Å². The Balaban J connectivity index is 0.000000370. The largest absolute Gasteiger partial charge is 0.490 e. The Bertz CT molecular complexity index is 818. The number of aromatic nitrogens is 1. The summed E-state index contributed by atoms with van der Waals surface area (Å²) in [5.74, 6) is -2.89. The molecular weight excluding hydrogens is 394 g/mol. The molecule has 0 saturated carbocycles. The highest BCUT2D eigenvalue weighted by Crippen LogP contribution is 2.19. The van der Waals surface area contributed by atoms with E-state index in [-0.39, 0.29) is 18.3 Å². The lowest BCUT2D eigenvalue weighted by Gasteiger charge is -2.15. The van der Waals surface area contributed by atoms with Crippen LogP contribution in [0.2, 0.25) is 0 Å². The fraction of sp³-hybridized carbons (Fsp3) is 0.316. The van der Waals surface area contributed by atoms with Crippen molar-refractivity contribution in [3.63, 3.8) is 0 Å². The first kappa shape index (κ1) is 22.1. The molecule has 0 unspecified atom stereocenters. The van der Waals surface area contributed by atoms with Crippen LogP contribution in [-0.4, -0.2) is 52.7 Å². The average Bonchev–Trinajstić information content (AvgIpc) is 3.22. The average molecular weight is 413 g/mol. The molecule has 2 aromatic rings. The van der Waals surface area contributed by atoms with Gasteiger partial charge < -0.3 is 15.3 Å². The van der Waals surface area contributed by atoms with E-state index in [0.29, 0.717) is 0 Å². The molecule has 0 spiro atoms. The first-order chi connectivity index (χ1) is 13.7. The molecular formula is C19H19F4N3O3. The van der Waals surface area contributed by atoms with Crippen LogP contribution < -0.4 is 5.32 Å². The number of hydrogen-bond acceptors (Lipinski definition) is 4. The Morgan fingerprint density at radius 2 is 1.66 bits per heavy atom. The van der Waals surface area contributed by atoms with E-state index in [4.69, 9.17) is 9.90 Å². The van der Waals surface area contributed by atoms with Crippen molar-refractivity contribution in [2.75, 3.05) is 25.0 Å². The van der Waals surface area contributed by atoms with Crippen LogP contribution in [0.3, 0.4) is 0 Å². The number of halogens is 4. The molecule has 29 heavy (non-hydrogen) atoms. The molecule has 10 heteroatoms. The molecule has 1 aliphatic heterocycles. The first-order valence-electron chi connectivity index (χ1n) is 8.70. The maximum Gasteiger partial charge on any atom is 0.490 e. The van der Waals surface area contributed by atoms with E-state index >= 15 is 0 Å². The number of alkyl halides is 3. The zero-order valence-corrected chi connectivity index (χ0v) is 15.2. The van der Waals surface area contributed by atoms with Crippen LogP contribution in [0.15, 0.2) is 42.6 Å². The van der Waals surface area contributed by atoms with Crippen molar-refractivity contribution < 1.29 is 32.3 Å². The third kappa shape index (κ3) is 7.05. The molecule has 1 aromatic carbocycles. The minimum atomic E-state index is -5.08. The SMILES string of the molecule is O=C(CNc1ccc(-c2ccc(F)cc2)nc1)N1CCCC1.O=C(O)C(F)(F)F. The van der Waals surface area contributed by atoms with Gasteiger partial charge in [0.15, 0.2) is 0 Å². The topological polar surface area (TPSA) is 82.5 Å². The van der Waals surface area contributed by atoms with Crippen LogP contribution in [0, 0.1) is 5.82 Å². The number of rotatable bonds is 4. The second-order valence-electron chi connectivity index (χ2n) is 6.18. The second kappa shape index (κ2) is 9.85. The lowest BCUT2D eigenvalue weighted by molar-refractivity contribution is -0.192. The van der Waals surface area contributed by atoms with Gasteiger partial charge in [-0.1, -0.05) is 0 Å². The zero-order chi connectivity index (χ0) is 21.4. The summed E-state index contributed by atoms with van der Waals surface area (Å²) in [4.78, 5) is 27.1. The van der Waals surface area contributed by atoms with E-state index in [0.717, 1.165) is 42.9 Å². The zero-order valence-electron chi connectivity index (χ0n) is 15.2. The van der Waals surface area contributed by atoms with Crippen LogP contribution in [0.25, 0.3) is 11.3 Å². The van der Waals surface area contributed by atoms with Gasteiger partial charge in [-0.25, -0.2) is 9.18 Å². The van der Waals surface area contributed by atoms with Gasteiger partial charge >= 0.3 is 12.1 Å². The number of nitrogens with one attached hydrogen (secondary N) is 1. The summed E-state index contributed by atoms with van der Waals surface area (Å²) >= 11 is 0. The summed E-state index contributed by atoms with van der Waals surface area (Å²) < 4.78 is 44.6. The molecule has 156 valence electrons. The van der Waals surface area contributed by atoms with Crippen LogP contribution in [0.4, 0.5) is 23.2 Å². The summed E-state index contributed by atoms with van der Waals surface area (Å²) in [7, 11) is 0. The minimum absolute atomic E-state index is 0.125. The highest BCUT2D eigenvalue weighted by atomic mass is 19.4. The van der Waals surface area contributed by atoms with E-state index in [2.05, 4.69) is 10.3 Å². The number of amides is 1. The molecule has 0 atom stereocenters. The van der Waals surface area contributed by atoms with Gasteiger partial charge in [0.05, 0.1) is 24.1 Å². The lowest BCUT2D eigenvalue weighted by atomic mass is 10.1. The number of carboxylic acid groups (broad SMARTS) is 1. The van der Waals surface area contributed by atoms with Gasteiger partial charge in [-0.2, -0.15) is 13.2 Å². The number of pyridine rings is 1. The number of aliphatic carboxylic acids is 1. The molecule has 3 rings (SSSR count). The summed E-state index contributed by atoms with van der Waals surface area (Å²) in [6.45, 7) is 2.02. The van der Waals surface area contributed by atoms with Gasteiger partial charge in [-0.05, 0) is 49.2 Å². The molecule has 1 aromatic heterocycles. The normalized spacial score (nSPS) is 13.4. The van der Waals surface area contributed by atoms with Gasteiger partial charge in [-0.15, -0.1) is 0 Å². The van der Waals surface area contributed by atoms with Gasteiger partial charge in [0, 0.05) is 18.7 Å². The van der Waals surface area contributed by atoms with E-state index < -0.39 is 12.1 Å². The molecule has 2 heterocycles. The Hall–Kier alpha value is -3.17. The smallest absolute Gasteiger partial charge is 0.475 e. The van der Waals surface area contributed by atoms with Crippen molar-refractivity contribution in [1.82, 2.24) is 9.88 Å². The Morgan fingerprint density at radius 3 is 2.14 bits per heavy atom. The van der Waals surface area contributed by atoms with Gasteiger partial charge in [-0.3, -0.25) is 9.78 Å². The molecule has 1 aliphatic rings. The highest BCUT2D eigenvalue weighted by molar-refractivity contribution is 5.81. The summed E-state index contributed by atoms with van der Waals surface area (Å²) in [5, 5.41) is 10.2. The number of hydrogen-bond donors (Lipinski definition) is 2. The number of carbonyl (C=O) groups is 2. The standard InChI is InChI=1S/C17H18FN3O.C2HF3O2/c18-14-5-3-13(4-6-14)16-8-7-15(11-20-16)19-12-17(22)21-9-1-2-10-21;3-2(4,5)1(6)7/h3-8,11,19H,1-2,9-10,12H2;(H,6,7). The van der Waals surface area contributed by atoms with E-state index in [1.54, 1.807) is 18.3 Å². The fourth-order valence-electron chi connectivity index (χ4n) is 2.55. The highest BCUT2D eigenvalue weighted by Gasteiger charge is 2.38. The maximum atomic E-state index is 12.9. The molecule has 0 aliphatic carbocycles. The molecule has 0 radical (unpaired) electrons. The Kier molecular flexibility index (Phi) is 7.52. The number of benzene rings is 1. The van der Waals surface area contributed by atoms with Crippen molar-refractivity contribution in [2.24, 2.45) is 0 Å². The van der Waals surface area contributed by atoms with E-state index in [1.807, 2.05) is 17.0 Å². The lowest BCUT2D eigenvalue weighted by Crippen LogP contribution is -2.32. The van der Waals surface area contributed by atoms with Crippen LogP contribution in [-0.2, 0) is 9.59 Å². The Morgan fingerprint density at radius 1 is 1.07 bits per heavy atom. The number of likely N-dealkylation sites (tertiary alicyclic amines) is 1. The van der Waals surface area contributed by atoms with Crippen LogP contribution >= 0.6 is 0 Å². The molecule has 6 nitrogen and oxygen atoms in total. The second-order valence-corrected chi connectivity index (χ2v) is 6.18. The third-order valence-electron chi connectivity index (χ3n) is 4.05. The maximum absolute atomic E-state index is 12.9. The molecule has 1 amide bonds. The van der Waals surface area contributed by atoms with Gasteiger partial charge in [0.1, 0.15) is 5.82 Å². The molecule has 0 bridgehead atoms. The third-order valence-corrected chi connectivity index (χ3v) is 4.05. The van der Waals surface area contributed by atoms with Crippen molar-refractivity contribution in [1.29, 1.82) is 0 Å². The molecule has 2 N–H and O–H groups in total. The summed E-state index contributed by atoms with van der Waals surface area (Å²) in [6.07, 6.45) is -1.20. The predicted molar refractivity (Wildman–Crippen MR) is 97.6 cm³/mol. The van der Waals surface area contributed by atoms with Crippen molar-refractivity contribution in [3.8, 4) is 11.3 Å². The van der Waals surface area contributed by atoms with Crippen molar-refractivity contribution >= 4 is 17.6 Å². The summed E-state index contributed by atoms with van der Waals surface area (Å²) in [5.41, 5.74) is 2.44. The number of carbonyl (C=O) groups excluding carboxylic acids is 1. The van der Waals surface area contributed by atoms with Crippen molar-refractivity contribution in [2.45, 2.75) is 19.0 Å². The number of anilines is 1. The van der Waals surface area contributed by atoms with Crippen LogP contribution in [0.5, 0.6) is 0 Å². The quantitative estimate of drug-likeness (QED) is 0.749. The molecule has 1 saturated heterocycles. The first-order valence-corrected chi connectivity index (χ1v) is 8.70.